The van der Waals surface area contributed by atoms with Gasteiger partial charge < -0.3 is 41.9 Å². The zero-order valence-corrected chi connectivity index (χ0v) is 42.5. The van der Waals surface area contributed by atoms with Crippen LogP contribution in [0.2, 0.25) is 0 Å². The van der Waals surface area contributed by atoms with Crippen molar-refractivity contribution in [1.82, 2.24) is 58.6 Å². The zero-order chi connectivity index (χ0) is 47.8. The number of benzene rings is 2. The van der Waals surface area contributed by atoms with Gasteiger partial charge in [-0.05, 0) is 125 Å². The van der Waals surface area contributed by atoms with Crippen LogP contribution in [-0.4, -0.2) is 75.6 Å². The van der Waals surface area contributed by atoms with Gasteiger partial charge in [0.25, 0.3) is 5.91 Å². The second-order valence-corrected chi connectivity index (χ2v) is 17.9. The molecule has 20 heteroatoms. The van der Waals surface area contributed by atoms with Crippen LogP contribution in [0, 0.1) is 32.9 Å². The van der Waals surface area contributed by atoms with Crippen molar-refractivity contribution >= 4 is 23.5 Å². The number of amides is 1. The Morgan fingerprint density at radius 1 is 0.676 bits per heavy atom. The van der Waals surface area contributed by atoms with Crippen molar-refractivity contribution in [3.05, 3.63) is 150 Å². The number of fused-ring (bicyclic) bond motifs is 2. The number of hydrogen-bond acceptors (Lipinski definition) is 11. The molecule has 0 bridgehead atoms. The second-order valence-electron chi connectivity index (χ2n) is 17.9. The van der Waals surface area contributed by atoms with Crippen LogP contribution in [0.4, 0.5) is 20.4 Å². The number of imidazole rings is 2. The van der Waals surface area contributed by atoms with Gasteiger partial charge in [0, 0.05) is 71.2 Å². The van der Waals surface area contributed by atoms with Gasteiger partial charge in [-0.1, -0.05) is 12.1 Å². The van der Waals surface area contributed by atoms with Gasteiger partial charge in [-0.3, -0.25) is 4.79 Å². The topological polar surface area (TPSA) is 215 Å². The van der Waals surface area contributed by atoms with Crippen molar-refractivity contribution in [2.45, 2.75) is 103 Å². The molecule has 4 aliphatic rings. The van der Waals surface area contributed by atoms with Gasteiger partial charge in [0.1, 0.15) is 46.3 Å². The fourth-order valence-corrected chi connectivity index (χ4v) is 8.72. The molecule has 1 amide bonds. The molecule has 71 heavy (non-hydrogen) atoms. The van der Waals surface area contributed by atoms with Crippen LogP contribution in [0.15, 0.2) is 85.7 Å². The van der Waals surface area contributed by atoms with Crippen LogP contribution < -0.4 is 11.1 Å². The Morgan fingerprint density at radius 3 is 1.68 bits per heavy atom. The van der Waals surface area contributed by atoms with Crippen molar-refractivity contribution < 1.29 is 44.5 Å². The fourth-order valence-electron chi connectivity index (χ4n) is 8.72. The molecule has 2 saturated carbocycles. The molecule has 12 rings (SSSR count). The smallest absolute Gasteiger partial charge is 0.338 e. The molecule has 6 aromatic heterocycles. The van der Waals surface area contributed by atoms with Gasteiger partial charge in [0.05, 0.1) is 46.5 Å². The molecule has 2 aliphatic carbocycles. The molecule has 0 unspecified atom stereocenters. The Morgan fingerprint density at radius 2 is 1.17 bits per heavy atom. The molecule has 366 valence electrons. The first kappa shape index (κ1) is 50.1. The second kappa shape index (κ2) is 21.4. The normalized spacial score (nSPS) is 14.5. The molecule has 2 fully saturated rings. The Labute approximate surface area is 423 Å². The quantitative estimate of drug-likeness (QED) is 0.115. The summed E-state index contributed by atoms with van der Waals surface area (Å²) in [5, 5.41) is 28.7. The average Bonchev–Trinajstić information content (AvgIpc) is 4.14. The molecule has 0 atom stereocenters. The number of pyridine rings is 2. The zero-order valence-electron chi connectivity index (χ0n) is 39.6. The van der Waals surface area contributed by atoms with Crippen molar-refractivity contribution in [2.75, 3.05) is 11.1 Å². The number of carboxylic acids is 1. The molecule has 17 nitrogen and oxygen atoms in total. The Kier molecular flexibility index (Phi) is 15.1. The molecule has 8 aromatic rings. The van der Waals surface area contributed by atoms with Crippen molar-refractivity contribution in [2.24, 2.45) is 0 Å². The maximum atomic E-state index is 14.8. The molecule has 0 saturated heterocycles. The third kappa shape index (κ3) is 11.0. The number of nitrogens with two attached hydrogens (primary N) is 1. The van der Waals surface area contributed by atoms with E-state index in [1.54, 1.807) is 48.4 Å². The van der Waals surface area contributed by atoms with Gasteiger partial charge >= 0.3 is 5.97 Å². The first-order valence-electron chi connectivity index (χ1n) is 23.3. The Hall–Kier alpha value is -7.27. The van der Waals surface area contributed by atoms with Crippen LogP contribution in [-0.2, 0) is 47.0 Å². The summed E-state index contributed by atoms with van der Waals surface area (Å²) in [5.74, 6) is 2.31. The Bertz CT molecular complexity index is 3230. The third-order valence-electron chi connectivity index (χ3n) is 12.7. The number of halogens is 2. The van der Waals surface area contributed by atoms with Crippen LogP contribution in [0.25, 0.3) is 34.4 Å². The maximum Gasteiger partial charge on any atom is 0.338 e. The molecular formula is C51H53F2N14O3W-. The first-order valence-corrected chi connectivity index (χ1v) is 23.3. The number of nitrogen functional groups attached to an aromatic ring is 1. The number of rotatable bonds is 9. The van der Waals surface area contributed by atoms with E-state index >= 15 is 0 Å². The van der Waals surface area contributed by atoms with Gasteiger partial charge in [0.15, 0.2) is 11.6 Å². The van der Waals surface area contributed by atoms with E-state index in [0.717, 1.165) is 110 Å². The molecular weight excluding hydrogens is 1080 g/mol. The van der Waals surface area contributed by atoms with Crippen molar-refractivity contribution in [1.29, 1.82) is 0 Å². The summed E-state index contributed by atoms with van der Waals surface area (Å²) in [5.41, 5.74) is 11.6. The van der Waals surface area contributed by atoms with E-state index < -0.39 is 23.5 Å². The van der Waals surface area contributed by atoms with Crippen LogP contribution in [0.3, 0.4) is 0 Å². The summed E-state index contributed by atoms with van der Waals surface area (Å²) in [7, 11) is 0. The first-order chi connectivity index (χ1) is 33.5. The summed E-state index contributed by atoms with van der Waals surface area (Å²) < 4.78 is 36.2. The molecule has 2 aliphatic heterocycles. The predicted octanol–water partition coefficient (Wildman–Crippen LogP) is 9.04. The molecule has 4 N–H and O–H groups in total. The monoisotopic (exact) mass is 1130 g/mol. The SMILES string of the molecule is Cc1cc(F)c(C(=O)Nc2cccc(-c3nnc4n3CCCC4)n2)cc1-n1cnc(C2CC2)c1.Cc1cc(F)c(C(=O)O)cc1-n1cnc(C2CC2)c1.Nc1cccc(-c2nnc3n2CCCC3)n1.[CH3-].[W]. The number of nitrogens with zero attached hydrogens (tertiary/aromatic N) is 12. The van der Waals surface area contributed by atoms with E-state index in [1.807, 2.05) is 42.1 Å². The van der Waals surface area contributed by atoms with E-state index in [2.05, 4.69) is 54.8 Å². The summed E-state index contributed by atoms with van der Waals surface area (Å²) in [6.45, 7) is 5.40. The van der Waals surface area contributed by atoms with Gasteiger partial charge in [0.2, 0.25) is 0 Å². The number of carboxylic acid groups (broad SMARTS) is 1. The predicted molar refractivity (Wildman–Crippen MR) is 259 cm³/mol. The summed E-state index contributed by atoms with van der Waals surface area (Å²) in [6, 6.07) is 16.4. The summed E-state index contributed by atoms with van der Waals surface area (Å²) >= 11 is 0. The van der Waals surface area contributed by atoms with E-state index in [4.69, 9.17) is 10.8 Å². The van der Waals surface area contributed by atoms with Gasteiger partial charge in [-0.2, -0.15) is 0 Å². The minimum Gasteiger partial charge on any atom is -0.478 e. The number of aromatic carboxylic acids is 1. The number of carbonyl (C=O) groups excluding carboxylic acids is 1. The van der Waals surface area contributed by atoms with E-state index in [0.29, 0.717) is 46.2 Å². The summed E-state index contributed by atoms with van der Waals surface area (Å²) in [4.78, 5) is 41.6. The number of anilines is 2. The number of nitrogens with one attached hydrogen (secondary N) is 1. The number of carbonyl (C=O) groups is 2. The minimum atomic E-state index is -1.26. The van der Waals surface area contributed by atoms with Crippen molar-refractivity contribution in [3.8, 4) is 34.4 Å². The van der Waals surface area contributed by atoms with Gasteiger partial charge in [-0.15, -0.1) is 20.4 Å². The van der Waals surface area contributed by atoms with Crippen LogP contribution in [0.1, 0.15) is 118 Å². The van der Waals surface area contributed by atoms with Crippen LogP contribution in [0.5, 0.6) is 0 Å². The van der Waals surface area contributed by atoms with Gasteiger partial charge in [-0.25, -0.2) is 33.5 Å². The van der Waals surface area contributed by atoms with E-state index in [-0.39, 0.29) is 39.6 Å². The molecule has 2 aromatic carbocycles. The average molecular weight is 1130 g/mol. The Balaban J connectivity index is 0.000000155. The molecule has 8 heterocycles. The van der Waals surface area contributed by atoms with Crippen molar-refractivity contribution in [3.63, 3.8) is 0 Å². The standard InChI is InChI=1S/C25H24FN7O.C14H13FN2O2.C11H13N5.CH3.W/c1-15-11-18(26)17(12-21(15)32-13-20(27-14-32)16-8-9-16)25(34)29-22-6-4-5-19(28-22)24-31-30-23-7-2-3-10-33(23)24;1-8-4-11(15)10(14(18)19)5-13(8)17-6-12(16-7-17)9-2-3-9;12-9-5-3-4-8(13-9)11-15-14-10-6-1-2-7-16(10)11;;/h4-6,11-14,16H,2-3,7-10H2,1H3,(H,28,29,34);4-7,9H,2-3H2,1H3,(H,18,19);3-5H,1-2,6-7H2,(H2,12,13);1H3;/q;;;-1;. The molecule has 0 radical (unpaired) electrons. The fraction of sp³-hybridized carbons (Fsp3) is 0.314. The van der Waals surface area contributed by atoms with Crippen LogP contribution >= 0.6 is 0 Å². The minimum absolute atomic E-state index is 0. The third-order valence-corrected chi connectivity index (χ3v) is 12.7. The largest absolute Gasteiger partial charge is 0.478 e. The molecule has 0 spiro atoms. The maximum absolute atomic E-state index is 14.8. The van der Waals surface area contributed by atoms with E-state index in [1.165, 1.54) is 31.0 Å². The number of aryl methyl sites for hydroxylation is 4. The van der Waals surface area contributed by atoms with E-state index in [9.17, 15) is 18.4 Å². The number of aromatic nitrogens is 12. The number of hydrogen-bond donors (Lipinski definition) is 3. The summed E-state index contributed by atoms with van der Waals surface area (Å²) in [6.07, 6.45) is 18.3.